The van der Waals surface area contributed by atoms with Gasteiger partial charge in [0, 0.05) is 58.8 Å². The first-order valence-corrected chi connectivity index (χ1v) is 7.38. The molecule has 0 atom stereocenters. The van der Waals surface area contributed by atoms with Gasteiger partial charge in [-0.15, -0.1) is 0 Å². The minimum Gasteiger partial charge on any atom is -0.383 e. The van der Waals surface area contributed by atoms with E-state index in [9.17, 15) is 4.79 Å². The molecule has 1 fully saturated rings. The smallest absolute Gasteiger partial charge is 0.236 e. The molecular formula is C15H24N4O2. The van der Waals surface area contributed by atoms with Crippen LogP contribution in [0.2, 0.25) is 0 Å². The molecule has 1 saturated heterocycles. The van der Waals surface area contributed by atoms with Gasteiger partial charge in [0.25, 0.3) is 0 Å². The summed E-state index contributed by atoms with van der Waals surface area (Å²) in [6.07, 6.45) is 3.64. The number of hydrogen-bond acceptors (Lipinski definition) is 5. The second kappa shape index (κ2) is 8.71. The summed E-state index contributed by atoms with van der Waals surface area (Å²) in [6.45, 7) is 6.12. The summed E-state index contributed by atoms with van der Waals surface area (Å²) in [5.74, 6) is 0.176. The Balaban J connectivity index is 1.67. The van der Waals surface area contributed by atoms with Crippen LogP contribution in [0.4, 0.5) is 0 Å². The van der Waals surface area contributed by atoms with E-state index in [4.69, 9.17) is 4.74 Å². The Morgan fingerprint density at radius 1 is 1.29 bits per heavy atom. The zero-order valence-corrected chi connectivity index (χ0v) is 12.6. The first-order chi connectivity index (χ1) is 10.3. The Morgan fingerprint density at radius 2 is 2.00 bits per heavy atom. The molecule has 1 aromatic heterocycles. The fourth-order valence-electron chi connectivity index (χ4n) is 2.38. The number of methoxy groups -OCH3 is 1. The van der Waals surface area contributed by atoms with Gasteiger partial charge in [0.05, 0.1) is 13.2 Å². The maximum absolute atomic E-state index is 12.0. The molecule has 6 heteroatoms. The highest BCUT2D eigenvalue weighted by molar-refractivity contribution is 5.78. The molecule has 21 heavy (non-hydrogen) atoms. The average Bonchev–Trinajstić information content (AvgIpc) is 2.53. The molecule has 0 unspecified atom stereocenters. The van der Waals surface area contributed by atoms with Crippen molar-refractivity contribution in [2.45, 2.75) is 6.54 Å². The van der Waals surface area contributed by atoms with Crippen molar-refractivity contribution < 1.29 is 9.53 Å². The third kappa shape index (κ3) is 5.41. The van der Waals surface area contributed by atoms with Gasteiger partial charge >= 0.3 is 0 Å². The Morgan fingerprint density at radius 3 is 2.67 bits per heavy atom. The number of amides is 1. The lowest BCUT2D eigenvalue weighted by molar-refractivity contribution is -0.132. The lowest BCUT2D eigenvalue weighted by Crippen LogP contribution is -2.50. The Kier molecular flexibility index (Phi) is 6.59. The summed E-state index contributed by atoms with van der Waals surface area (Å²) >= 11 is 0. The van der Waals surface area contributed by atoms with Crippen LogP contribution in [-0.4, -0.2) is 73.7 Å². The van der Waals surface area contributed by atoms with Crippen molar-refractivity contribution >= 4 is 5.91 Å². The van der Waals surface area contributed by atoms with Gasteiger partial charge in [0.1, 0.15) is 0 Å². The van der Waals surface area contributed by atoms with Gasteiger partial charge in [-0.05, 0) is 17.7 Å². The predicted molar refractivity (Wildman–Crippen MR) is 80.8 cm³/mol. The van der Waals surface area contributed by atoms with Gasteiger partial charge in [-0.3, -0.25) is 14.7 Å². The molecule has 0 saturated carbocycles. The lowest BCUT2D eigenvalue weighted by Gasteiger charge is -2.34. The summed E-state index contributed by atoms with van der Waals surface area (Å²) < 4.78 is 4.94. The van der Waals surface area contributed by atoms with Gasteiger partial charge in [0.15, 0.2) is 0 Å². The molecule has 1 aliphatic rings. The maximum Gasteiger partial charge on any atom is 0.236 e. The molecule has 0 aliphatic carbocycles. The highest BCUT2D eigenvalue weighted by Gasteiger charge is 2.20. The number of ether oxygens (including phenoxy) is 1. The summed E-state index contributed by atoms with van der Waals surface area (Å²) in [6, 6.07) is 4.08. The highest BCUT2D eigenvalue weighted by atomic mass is 16.5. The first kappa shape index (κ1) is 15.9. The third-order valence-corrected chi connectivity index (χ3v) is 3.64. The van der Waals surface area contributed by atoms with Crippen molar-refractivity contribution in [3.05, 3.63) is 30.1 Å². The minimum atomic E-state index is 0.176. The van der Waals surface area contributed by atoms with Gasteiger partial charge in [-0.2, -0.15) is 0 Å². The van der Waals surface area contributed by atoms with E-state index in [0.29, 0.717) is 19.7 Å². The van der Waals surface area contributed by atoms with E-state index < -0.39 is 0 Å². The SMILES string of the molecule is COCCNCC(=O)N1CCN(Cc2ccncc2)CC1. The van der Waals surface area contributed by atoms with Crippen LogP contribution in [0, 0.1) is 0 Å². The normalized spacial score (nSPS) is 16.1. The molecule has 1 aromatic rings. The number of aromatic nitrogens is 1. The molecule has 2 rings (SSSR count). The average molecular weight is 292 g/mol. The van der Waals surface area contributed by atoms with Crippen LogP contribution in [0.25, 0.3) is 0 Å². The van der Waals surface area contributed by atoms with E-state index >= 15 is 0 Å². The molecule has 0 radical (unpaired) electrons. The van der Waals surface area contributed by atoms with E-state index in [0.717, 1.165) is 32.7 Å². The number of rotatable bonds is 7. The van der Waals surface area contributed by atoms with Crippen molar-refractivity contribution in [3.63, 3.8) is 0 Å². The Labute approximate surface area is 126 Å². The van der Waals surface area contributed by atoms with Crippen LogP contribution in [0.1, 0.15) is 5.56 Å². The first-order valence-electron chi connectivity index (χ1n) is 7.38. The summed E-state index contributed by atoms with van der Waals surface area (Å²) in [5, 5.41) is 3.10. The molecule has 0 bridgehead atoms. The van der Waals surface area contributed by atoms with Gasteiger partial charge in [0.2, 0.25) is 5.91 Å². The monoisotopic (exact) mass is 292 g/mol. The van der Waals surface area contributed by atoms with E-state index in [1.807, 2.05) is 29.4 Å². The van der Waals surface area contributed by atoms with E-state index in [1.54, 1.807) is 7.11 Å². The standard InChI is InChI=1S/C15H24N4O2/c1-21-11-6-17-12-15(20)19-9-7-18(8-10-19)13-14-2-4-16-5-3-14/h2-5,17H,6-13H2,1H3. The van der Waals surface area contributed by atoms with Crippen LogP contribution in [0.5, 0.6) is 0 Å². The summed E-state index contributed by atoms with van der Waals surface area (Å²) in [5.41, 5.74) is 1.27. The van der Waals surface area contributed by atoms with Crippen LogP contribution in [-0.2, 0) is 16.1 Å². The van der Waals surface area contributed by atoms with Gasteiger partial charge in [-0.25, -0.2) is 0 Å². The van der Waals surface area contributed by atoms with Crippen molar-refractivity contribution in [1.82, 2.24) is 20.1 Å². The lowest BCUT2D eigenvalue weighted by atomic mass is 10.2. The number of nitrogens with zero attached hydrogens (tertiary/aromatic N) is 3. The topological polar surface area (TPSA) is 57.7 Å². The van der Waals surface area contributed by atoms with Crippen LogP contribution in [0.15, 0.2) is 24.5 Å². The zero-order valence-electron chi connectivity index (χ0n) is 12.6. The van der Waals surface area contributed by atoms with E-state index in [2.05, 4.69) is 15.2 Å². The molecular weight excluding hydrogens is 268 g/mol. The number of hydrogen-bond donors (Lipinski definition) is 1. The van der Waals surface area contributed by atoms with Crippen LogP contribution in [0.3, 0.4) is 0 Å². The molecule has 116 valence electrons. The molecule has 1 amide bonds. The minimum absolute atomic E-state index is 0.176. The highest BCUT2D eigenvalue weighted by Crippen LogP contribution is 2.07. The third-order valence-electron chi connectivity index (χ3n) is 3.64. The molecule has 0 spiro atoms. The fourth-order valence-corrected chi connectivity index (χ4v) is 2.38. The predicted octanol–water partition coefficient (Wildman–Crippen LogP) is -0.0382. The number of nitrogens with one attached hydrogen (secondary N) is 1. The van der Waals surface area contributed by atoms with Crippen molar-refractivity contribution in [1.29, 1.82) is 0 Å². The van der Waals surface area contributed by atoms with Gasteiger partial charge < -0.3 is 15.0 Å². The molecule has 0 aromatic carbocycles. The summed E-state index contributed by atoms with van der Waals surface area (Å²) in [7, 11) is 1.66. The second-order valence-corrected chi connectivity index (χ2v) is 5.18. The second-order valence-electron chi connectivity index (χ2n) is 5.18. The largest absolute Gasteiger partial charge is 0.383 e. The number of carbonyl (C=O) groups excluding carboxylic acids is 1. The number of piperazine rings is 1. The molecule has 1 N–H and O–H groups in total. The quantitative estimate of drug-likeness (QED) is 0.715. The van der Waals surface area contributed by atoms with E-state index in [1.165, 1.54) is 5.56 Å². The van der Waals surface area contributed by atoms with E-state index in [-0.39, 0.29) is 5.91 Å². The molecule has 2 heterocycles. The van der Waals surface area contributed by atoms with Crippen molar-refractivity contribution in [3.8, 4) is 0 Å². The molecule has 1 aliphatic heterocycles. The Bertz CT molecular complexity index is 419. The maximum atomic E-state index is 12.0. The van der Waals surface area contributed by atoms with Crippen molar-refractivity contribution in [2.75, 3.05) is 53.0 Å². The van der Waals surface area contributed by atoms with Crippen LogP contribution >= 0.6 is 0 Å². The van der Waals surface area contributed by atoms with Crippen molar-refractivity contribution in [2.24, 2.45) is 0 Å². The Hall–Kier alpha value is -1.50. The summed E-state index contributed by atoms with van der Waals surface area (Å²) in [4.78, 5) is 20.4. The van der Waals surface area contributed by atoms with Gasteiger partial charge in [-0.1, -0.05) is 0 Å². The van der Waals surface area contributed by atoms with Crippen LogP contribution < -0.4 is 5.32 Å². The molecule has 6 nitrogen and oxygen atoms in total. The number of pyridine rings is 1. The number of carbonyl (C=O) groups is 1. The zero-order chi connectivity index (χ0) is 14.9. The fraction of sp³-hybridized carbons (Fsp3) is 0.600.